The summed E-state index contributed by atoms with van der Waals surface area (Å²) in [4.78, 5) is 4.58. The number of benzene rings is 1. The summed E-state index contributed by atoms with van der Waals surface area (Å²) in [5.41, 5.74) is 1.55. The molecule has 2 aromatic rings. The van der Waals surface area contributed by atoms with Crippen molar-refractivity contribution in [3.63, 3.8) is 0 Å². The molecule has 0 unspecified atom stereocenters. The van der Waals surface area contributed by atoms with Crippen LogP contribution in [0.2, 0.25) is 0 Å². The second-order valence-electron chi connectivity index (χ2n) is 7.94. The predicted octanol–water partition coefficient (Wildman–Crippen LogP) is 4.53. The molecule has 2 N–H and O–H groups in total. The SMILES string of the molecule is CC(C)(C)c1ccc(S(=O)(=O)Nc2ccc(NC3CCCC3)nc2)cc1. The summed E-state index contributed by atoms with van der Waals surface area (Å²) in [6.07, 6.45) is 6.40. The molecule has 5 nitrogen and oxygen atoms in total. The number of rotatable bonds is 5. The lowest BCUT2D eigenvalue weighted by molar-refractivity contribution is 0.587. The van der Waals surface area contributed by atoms with Crippen molar-refractivity contribution in [1.82, 2.24) is 4.98 Å². The smallest absolute Gasteiger partial charge is 0.261 e. The van der Waals surface area contributed by atoms with E-state index in [1.165, 1.54) is 25.7 Å². The second-order valence-corrected chi connectivity index (χ2v) is 9.62. The first kappa shape index (κ1) is 18.7. The molecule has 0 aliphatic heterocycles. The molecule has 0 spiro atoms. The van der Waals surface area contributed by atoms with Crippen LogP contribution in [0.3, 0.4) is 0 Å². The van der Waals surface area contributed by atoms with E-state index in [0.29, 0.717) is 11.7 Å². The van der Waals surface area contributed by atoms with Crippen molar-refractivity contribution in [2.75, 3.05) is 10.0 Å². The van der Waals surface area contributed by atoms with Gasteiger partial charge in [0.2, 0.25) is 0 Å². The quantitative estimate of drug-likeness (QED) is 0.807. The van der Waals surface area contributed by atoms with Crippen LogP contribution in [-0.4, -0.2) is 19.4 Å². The van der Waals surface area contributed by atoms with Gasteiger partial charge in [-0.15, -0.1) is 0 Å². The molecule has 0 saturated heterocycles. The third kappa shape index (κ3) is 4.55. The Morgan fingerprint density at radius 3 is 2.19 bits per heavy atom. The molecule has 140 valence electrons. The van der Waals surface area contributed by atoms with Gasteiger partial charge in [0.1, 0.15) is 5.82 Å². The normalized spacial score (nSPS) is 15.8. The zero-order chi connectivity index (χ0) is 18.8. The van der Waals surface area contributed by atoms with Gasteiger partial charge in [0, 0.05) is 6.04 Å². The molecule has 1 aromatic heterocycles. The molecule has 1 aliphatic carbocycles. The van der Waals surface area contributed by atoms with Gasteiger partial charge in [-0.3, -0.25) is 4.72 Å². The first-order chi connectivity index (χ1) is 12.2. The predicted molar refractivity (Wildman–Crippen MR) is 106 cm³/mol. The van der Waals surface area contributed by atoms with Crippen LogP contribution in [-0.2, 0) is 15.4 Å². The van der Waals surface area contributed by atoms with Crippen molar-refractivity contribution in [2.24, 2.45) is 0 Å². The third-order valence-electron chi connectivity index (χ3n) is 4.75. The number of pyridine rings is 1. The van der Waals surface area contributed by atoms with Crippen LogP contribution in [0.25, 0.3) is 0 Å². The van der Waals surface area contributed by atoms with Gasteiger partial charge in [-0.05, 0) is 48.1 Å². The Balaban J connectivity index is 1.68. The van der Waals surface area contributed by atoms with Gasteiger partial charge in [-0.2, -0.15) is 0 Å². The summed E-state index contributed by atoms with van der Waals surface area (Å²) in [5, 5.41) is 3.39. The Labute approximate surface area is 156 Å². The maximum atomic E-state index is 12.6. The average Bonchev–Trinajstić information content (AvgIpc) is 3.09. The van der Waals surface area contributed by atoms with Crippen LogP contribution in [0.5, 0.6) is 0 Å². The van der Waals surface area contributed by atoms with Crippen molar-refractivity contribution in [3.8, 4) is 0 Å². The summed E-state index contributed by atoms with van der Waals surface area (Å²) < 4.78 is 27.7. The van der Waals surface area contributed by atoms with E-state index >= 15 is 0 Å². The summed E-state index contributed by atoms with van der Waals surface area (Å²) in [5.74, 6) is 0.786. The Morgan fingerprint density at radius 2 is 1.65 bits per heavy atom. The zero-order valence-corrected chi connectivity index (χ0v) is 16.4. The molecule has 1 heterocycles. The molecule has 3 rings (SSSR count). The molecule has 1 aliphatic rings. The largest absolute Gasteiger partial charge is 0.367 e. The molecule has 0 amide bonds. The molecular formula is C20H27N3O2S. The molecule has 1 aromatic carbocycles. The van der Waals surface area contributed by atoms with Gasteiger partial charge < -0.3 is 5.32 Å². The number of hydrogen-bond donors (Lipinski definition) is 2. The molecule has 1 fully saturated rings. The minimum absolute atomic E-state index is 0.0121. The molecule has 0 radical (unpaired) electrons. The van der Waals surface area contributed by atoms with Crippen LogP contribution in [0.4, 0.5) is 11.5 Å². The Kier molecular flexibility index (Phi) is 5.23. The van der Waals surface area contributed by atoms with E-state index in [1.54, 1.807) is 24.4 Å². The average molecular weight is 374 g/mol. The first-order valence-electron chi connectivity index (χ1n) is 9.10. The van der Waals surface area contributed by atoms with E-state index in [9.17, 15) is 8.42 Å². The Hall–Kier alpha value is -2.08. The second kappa shape index (κ2) is 7.27. The van der Waals surface area contributed by atoms with E-state index in [4.69, 9.17) is 0 Å². The van der Waals surface area contributed by atoms with Gasteiger partial charge in [0.25, 0.3) is 10.0 Å². The van der Waals surface area contributed by atoms with Gasteiger partial charge in [0.15, 0.2) is 0 Å². The Morgan fingerprint density at radius 1 is 1.00 bits per heavy atom. The molecule has 26 heavy (non-hydrogen) atoms. The van der Waals surface area contributed by atoms with Crippen LogP contribution in [0.1, 0.15) is 52.0 Å². The summed E-state index contributed by atoms with van der Waals surface area (Å²) in [6.45, 7) is 6.30. The number of anilines is 2. The van der Waals surface area contributed by atoms with Gasteiger partial charge in [-0.25, -0.2) is 13.4 Å². The van der Waals surface area contributed by atoms with Gasteiger partial charge in [-0.1, -0.05) is 45.7 Å². The number of nitrogens with zero attached hydrogens (tertiary/aromatic N) is 1. The highest BCUT2D eigenvalue weighted by Crippen LogP contribution is 2.25. The van der Waals surface area contributed by atoms with Crippen molar-refractivity contribution in [3.05, 3.63) is 48.2 Å². The fourth-order valence-electron chi connectivity index (χ4n) is 3.17. The highest BCUT2D eigenvalue weighted by Gasteiger charge is 2.18. The van der Waals surface area contributed by atoms with Gasteiger partial charge >= 0.3 is 0 Å². The fourth-order valence-corrected chi connectivity index (χ4v) is 4.21. The Bertz CT molecular complexity index is 832. The minimum Gasteiger partial charge on any atom is -0.367 e. The molecule has 0 atom stereocenters. The molecule has 6 heteroatoms. The van der Waals surface area contributed by atoms with Crippen LogP contribution in [0, 0.1) is 0 Å². The molecule has 1 saturated carbocycles. The monoisotopic (exact) mass is 373 g/mol. The summed E-state index contributed by atoms with van der Waals surface area (Å²) in [7, 11) is -3.62. The standard InChI is InChI=1S/C20H27N3O2S/c1-20(2,3)15-8-11-18(12-9-15)26(24,25)23-17-10-13-19(21-14-17)22-16-6-4-5-7-16/h8-14,16,23H,4-7H2,1-3H3,(H,21,22). The van der Waals surface area contributed by atoms with Crippen LogP contribution in [0.15, 0.2) is 47.5 Å². The highest BCUT2D eigenvalue weighted by atomic mass is 32.2. The van der Waals surface area contributed by atoms with E-state index in [1.807, 2.05) is 18.2 Å². The van der Waals surface area contributed by atoms with Crippen molar-refractivity contribution in [2.45, 2.75) is 62.8 Å². The summed E-state index contributed by atoms with van der Waals surface area (Å²) in [6, 6.07) is 11.1. The van der Waals surface area contributed by atoms with Crippen LogP contribution >= 0.6 is 0 Å². The first-order valence-corrected chi connectivity index (χ1v) is 10.6. The topological polar surface area (TPSA) is 71.1 Å². The van der Waals surface area contributed by atoms with Crippen molar-refractivity contribution < 1.29 is 8.42 Å². The van der Waals surface area contributed by atoms with E-state index in [0.717, 1.165) is 11.4 Å². The number of nitrogens with one attached hydrogen (secondary N) is 2. The molecular weight excluding hydrogens is 346 g/mol. The lowest BCUT2D eigenvalue weighted by atomic mass is 9.87. The van der Waals surface area contributed by atoms with E-state index in [-0.39, 0.29) is 10.3 Å². The minimum atomic E-state index is -3.62. The maximum Gasteiger partial charge on any atom is 0.261 e. The number of hydrogen-bond acceptors (Lipinski definition) is 4. The summed E-state index contributed by atoms with van der Waals surface area (Å²) >= 11 is 0. The number of aromatic nitrogens is 1. The zero-order valence-electron chi connectivity index (χ0n) is 15.6. The molecule has 0 bridgehead atoms. The van der Waals surface area contributed by atoms with E-state index < -0.39 is 10.0 Å². The van der Waals surface area contributed by atoms with Crippen LogP contribution < -0.4 is 10.0 Å². The van der Waals surface area contributed by atoms with E-state index in [2.05, 4.69) is 35.8 Å². The highest BCUT2D eigenvalue weighted by molar-refractivity contribution is 7.92. The maximum absolute atomic E-state index is 12.6. The van der Waals surface area contributed by atoms with Crippen molar-refractivity contribution in [1.29, 1.82) is 0 Å². The van der Waals surface area contributed by atoms with Gasteiger partial charge in [0.05, 0.1) is 16.8 Å². The lowest BCUT2D eigenvalue weighted by Crippen LogP contribution is -2.16. The number of sulfonamides is 1. The fraction of sp³-hybridized carbons (Fsp3) is 0.450. The van der Waals surface area contributed by atoms with Crippen molar-refractivity contribution >= 4 is 21.5 Å². The lowest BCUT2D eigenvalue weighted by Gasteiger charge is -2.19. The third-order valence-corrected chi connectivity index (χ3v) is 6.15.